The van der Waals surface area contributed by atoms with E-state index in [4.69, 9.17) is 4.74 Å². The molecule has 0 aromatic carbocycles. The quantitative estimate of drug-likeness (QED) is 0.621. The Morgan fingerprint density at radius 3 is 2.53 bits per heavy atom. The first-order valence-electron chi connectivity index (χ1n) is 10.9. The molecule has 1 atom stereocenters. The molecule has 0 N–H and O–H groups in total. The molecule has 0 aliphatic carbocycles. The van der Waals surface area contributed by atoms with Crippen molar-refractivity contribution in [2.75, 3.05) is 32.8 Å². The number of carbonyl (C=O) groups is 2. The minimum atomic E-state index is -0.314. The molecule has 5 heterocycles. The number of esters is 1. The lowest BCUT2D eigenvalue weighted by molar-refractivity contribution is -0.138. The van der Waals surface area contributed by atoms with Crippen molar-refractivity contribution in [3.05, 3.63) is 35.4 Å². The fourth-order valence-electron chi connectivity index (χ4n) is 4.92. The van der Waals surface area contributed by atoms with Gasteiger partial charge in [-0.15, -0.1) is 10.2 Å². The largest absolute Gasteiger partial charge is 0.456 e. The lowest BCUT2D eigenvalue weighted by Crippen LogP contribution is -2.45. The maximum atomic E-state index is 13.3. The normalized spacial score (nSPS) is 22.1. The van der Waals surface area contributed by atoms with Crippen molar-refractivity contribution in [1.82, 2.24) is 40.2 Å². The number of rotatable bonds is 5. The minimum absolute atomic E-state index is 0.155. The molecule has 5 rings (SSSR count). The number of tetrazole rings is 1. The van der Waals surface area contributed by atoms with E-state index in [-0.39, 0.29) is 29.8 Å². The number of aromatic nitrogens is 6. The zero-order valence-corrected chi connectivity index (χ0v) is 18.3. The molecule has 168 valence electrons. The van der Waals surface area contributed by atoms with Crippen LogP contribution in [0.5, 0.6) is 0 Å². The van der Waals surface area contributed by atoms with Gasteiger partial charge in [-0.25, -0.2) is 4.79 Å². The molecular formula is C21H26N8O3. The number of hydrogen-bond donors (Lipinski definition) is 0. The standard InChI is InChI=1S/C21H26N8O3/c1-14(16-3-4-18(24-23-16)29-13-22-25-26-29)11-27-8-5-21(6-9-27)7-10-28(20(21)31)17-12-32-19(30)15(17)2/h3-4,13-14H,5-12H2,1-2H3/t14-/m0/s1. The van der Waals surface area contributed by atoms with Gasteiger partial charge in [-0.3, -0.25) is 4.79 Å². The third-order valence-corrected chi connectivity index (χ3v) is 7.02. The highest BCUT2D eigenvalue weighted by molar-refractivity contribution is 5.94. The molecule has 0 radical (unpaired) electrons. The zero-order chi connectivity index (χ0) is 22.3. The number of cyclic esters (lactones) is 1. The summed E-state index contributed by atoms with van der Waals surface area (Å²) in [6.07, 6.45) is 3.99. The third kappa shape index (κ3) is 3.56. The van der Waals surface area contributed by atoms with Gasteiger partial charge >= 0.3 is 5.97 Å². The number of piperidine rings is 1. The van der Waals surface area contributed by atoms with Gasteiger partial charge in [0.05, 0.1) is 22.4 Å². The van der Waals surface area contributed by atoms with Gasteiger partial charge in [0.15, 0.2) is 5.82 Å². The van der Waals surface area contributed by atoms with Gasteiger partial charge in [0, 0.05) is 19.0 Å². The maximum Gasteiger partial charge on any atom is 0.336 e. The SMILES string of the molecule is CC1=C(N2CCC3(CCN(C[C@H](C)c4ccc(-n5cnnn5)nn4)CC3)C2=O)COC1=O. The van der Waals surface area contributed by atoms with Crippen LogP contribution < -0.4 is 0 Å². The summed E-state index contributed by atoms with van der Waals surface area (Å²) in [5.74, 6) is 0.633. The molecule has 0 saturated carbocycles. The van der Waals surface area contributed by atoms with E-state index < -0.39 is 0 Å². The van der Waals surface area contributed by atoms with E-state index in [1.807, 2.05) is 12.1 Å². The summed E-state index contributed by atoms with van der Waals surface area (Å²) in [5, 5.41) is 19.6. The Morgan fingerprint density at radius 2 is 1.91 bits per heavy atom. The van der Waals surface area contributed by atoms with Crippen LogP contribution in [0.25, 0.3) is 5.82 Å². The highest BCUT2D eigenvalue weighted by Crippen LogP contribution is 2.43. The zero-order valence-electron chi connectivity index (χ0n) is 18.3. The average molecular weight is 438 g/mol. The van der Waals surface area contributed by atoms with E-state index in [1.54, 1.807) is 11.8 Å². The molecule has 2 fully saturated rings. The maximum absolute atomic E-state index is 13.3. The highest BCUT2D eigenvalue weighted by atomic mass is 16.5. The first kappa shape index (κ1) is 20.7. The van der Waals surface area contributed by atoms with Gasteiger partial charge < -0.3 is 14.5 Å². The minimum Gasteiger partial charge on any atom is -0.456 e. The molecule has 11 nitrogen and oxygen atoms in total. The van der Waals surface area contributed by atoms with Gasteiger partial charge in [0.25, 0.3) is 0 Å². The monoisotopic (exact) mass is 438 g/mol. The van der Waals surface area contributed by atoms with E-state index in [0.29, 0.717) is 17.9 Å². The lowest BCUT2D eigenvalue weighted by Gasteiger charge is -2.38. The Bertz CT molecular complexity index is 1040. The molecule has 0 bridgehead atoms. The van der Waals surface area contributed by atoms with Gasteiger partial charge in [0.1, 0.15) is 12.9 Å². The van der Waals surface area contributed by atoms with E-state index in [1.165, 1.54) is 11.0 Å². The van der Waals surface area contributed by atoms with E-state index >= 15 is 0 Å². The van der Waals surface area contributed by atoms with Gasteiger partial charge in [-0.2, -0.15) is 9.78 Å². The van der Waals surface area contributed by atoms with Crippen molar-refractivity contribution in [1.29, 1.82) is 0 Å². The van der Waals surface area contributed by atoms with Crippen molar-refractivity contribution < 1.29 is 14.3 Å². The predicted molar refractivity (Wildman–Crippen MR) is 111 cm³/mol. The van der Waals surface area contributed by atoms with Crippen molar-refractivity contribution in [2.45, 2.75) is 39.0 Å². The first-order chi connectivity index (χ1) is 15.5. The van der Waals surface area contributed by atoms with Crippen LogP contribution in [0, 0.1) is 5.41 Å². The predicted octanol–water partition coefficient (Wildman–Crippen LogP) is 0.701. The second-order valence-electron chi connectivity index (χ2n) is 8.91. The van der Waals surface area contributed by atoms with Crippen molar-refractivity contribution >= 4 is 11.9 Å². The molecular weight excluding hydrogens is 412 g/mol. The molecule has 2 aromatic heterocycles. The summed E-state index contributed by atoms with van der Waals surface area (Å²) in [6.45, 7) is 7.36. The Labute approximate surface area is 185 Å². The van der Waals surface area contributed by atoms with Crippen LogP contribution in [0.1, 0.15) is 44.7 Å². The van der Waals surface area contributed by atoms with Crippen LogP contribution in [0.3, 0.4) is 0 Å². The Kier molecular flexibility index (Phi) is 5.20. The molecule has 0 unspecified atom stereocenters. The molecule has 11 heteroatoms. The van der Waals surface area contributed by atoms with Gasteiger partial charge in [0.2, 0.25) is 5.91 Å². The fourth-order valence-corrected chi connectivity index (χ4v) is 4.92. The van der Waals surface area contributed by atoms with Crippen LogP contribution in [-0.4, -0.2) is 84.9 Å². The summed E-state index contributed by atoms with van der Waals surface area (Å²) >= 11 is 0. The fraction of sp³-hybridized carbons (Fsp3) is 0.571. The summed E-state index contributed by atoms with van der Waals surface area (Å²) in [7, 11) is 0. The van der Waals surface area contributed by atoms with Gasteiger partial charge in [-0.1, -0.05) is 6.92 Å². The van der Waals surface area contributed by atoms with Crippen LogP contribution in [0.15, 0.2) is 29.7 Å². The molecule has 1 amide bonds. The van der Waals surface area contributed by atoms with Crippen molar-refractivity contribution in [3.8, 4) is 5.82 Å². The molecule has 2 aromatic rings. The molecule has 3 aliphatic rings. The smallest absolute Gasteiger partial charge is 0.336 e. The summed E-state index contributed by atoms with van der Waals surface area (Å²) in [5.41, 5.74) is 1.91. The number of nitrogens with zero attached hydrogens (tertiary/aromatic N) is 8. The first-order valence-corrected chi connectivity index (χ1v) is 10.9. The number of carbonyl (C=O) groups excluding carboxylic acids is 2. The van der Waals surface area contributed by atoms with Crippen LogP contribution >= 0.6 is 0 Å². The Morgan fingerprint density at radius 1 is 1.12 bits per heavy atom. The van der Waals surface area contributed by atoms with Crippen molar-refractivity contribution in [3.63, 3.8) is 0 Å². The number of likely N-dealkylation sites (tertiary alicyclic amines) is 2. The molecule has 3 aliphatic heterocycles. The highest BCUT2D eigenvalue weighted by Gasteiger charge is 2.50. The number of amides is 1. The summed E-state index contributed by atoms with van der Waals surface area (Å²) in [6, 6.07) is 3.82. The second-order valence-corrected chi connectivity index (χ2v) is 8.91. The van der Waals surface area contributed by atoms with Crippen molar-refractivity contribution in [2.24, 2.45) is 5.41 Å². The van der Waals surface area contributed by atoms with Crippen LogP contribution in [-0.2, 0) is 14.3 Å². The molecule has 32 heavy (non-hydrogen) atoms. The van der Waals surface area contributed by atoms with E-state index in [2.05, 4.69) is 37.5 Å². The van der Waals surface area contributed by atoms with E-state index in [9.17, 15) is 9.59 Å². The van der Waals surface area contributed by atoms with Crippen LogP contribution in [0.2, 0.25) is 0 Å². The Balaban J connectivity index is 1.18. The number of hydrogen-bond acceptors (Lipinski definition) is 9. The second kappa shape index (κ2) is 8.05. The molecule has 1 spiro atoms. The average Bonchev–Trinajstić information content (AvgIpc) is 3.53. The van der Waals surface area contributed by atoms with Crippen LogP contribution in [0.4, 0.5) is 0 Å². The van der Waals surface area contributed by atoms with E-state index in [0.717, 1.165) is 50.3 Å². The lowest BCUT2D eigenvalue weighted by atomic mass is 9.77. The Hall–Kier alpha value is -3.21. The third-order valence-electron chi connectivity index (χ3n) is 7.02. The summed E-state index contributed by atoms with van der Waals surface area (Å²) in [4.78, 5) is 29.2. The van der Waals surface area contributed by atoms with Gasteiger partial charge in [-0.05, 0) is 61.8 Å². The summed E-state index contributed by atoms with van der Waals surface area (Å²) < 4.78 is 6.58. The topological polar surface area (TPSA) is 119 Å². The molecule has 2 saturated heterocycles. The number of ether oxygens (including phenoxy) is 1.